The van der Waals surface area contributed by atoms with E-state index >= 15 is 0 Å². The molecule has 0 saturated carbocycles. The Balaban J connectivity index is 1.66. The van der Waals surface area contributed by atoms with E-state index in [2.05, 4.69) is 48.5 Å². The van der Waals surface area contributed by atoms with Crippen molar-refractivity contribution in [2.45, 2.75) is 52.2 Å². The summed E-state index contributed by atoms with van der Waals surface area (Å²) >= 11 is 0. The van der Waals surface area contributed by atoms with Gasteiger partial charge < -0.3 is 24.8 Å². The summed E-state index contributed by atoms with van der Waals surface area (Å²) in [4.78, 5) is 4.32. The van der Waals surface area contributed by atoms with Crippen LogP contribution in [0, 0.1) is 5.92 Å². The molecule has 6 heteroatoms. The second kappa shape index (κ2) is 12.6. The lowest BCUT2D eigenvalue weighted by atomic mass is 10.1. The molecule has 1 fully saturated rings. The number of ether oxygens (including phenoxy) is 3. The molecule has 2 rings (SSSR count). The fourth-order valence-corrected chi connectivity index (χ4v) is 2.97. The van der Waals surface area contributed by atoms with Crippen LogP contribution in [0.1, 0.15) is 51.6 Å². The predicted molar refractivity (Wildman–Crippen MR) is 114 cm³/mol. The Morgan fingerprint density at radius 3 is 2.54 bits per heavy atom. The average molecular weight is 392 g/mol. The third-order valence-corrected chi connectivity index (χ3v) is 4.68. The standard InChI is InChI=1S/C22H37N3O3/c1-17(2)16-28-20-8-6-19(7-9-20)18(3)25-22(23-4)24-12-5-13-27-21-10-14-26-15-11-21/h6-9,17-18,21H,5,10-16H2,1-4H3,(H2,23,24,25). The number of hydrogen-bond acceptors (Lipinski definition) is 4. The van der Waals surface area contributed by atoms with E-state index in [4.69, 9.17) is 14.2 Å². The van der Waals surface area contributed by atoms with Crippen LogP contribution >= 0.6 is 0 Å². The highest BCUT2D eigenvalue weighted by Gasteiger charge is 2.13. The van der Waals surface area contributed by atoms with E-state index in [1.807, 2.05) is 12.1 Å². The van der Waals surface area contributed by atoms with Crippen molar-refractivity contribution in [3.05, 3.63) is 29.8 Å². The summed E-state index contributed by atoms with van der Waals surface area (Å²) in [6, 6.07) is 8.41. The first-order valence-corrected chi connectivity index (χ1v) is 10.5. The largest absolute Gasteiger partial charge is 0.493 e. The van der Waals surface area contributed by atoms with Crippen molar-refractivity contribution in [2.24, 2.45) is 10.9 Å². The Morgan fingerprint density at radius 2 is 1.89 bits per heavy atom. The first kappa shape index (κ1) is 22.5. The van der Waals surface area contributed by atoms with Gasteiger partial charge in [-0.05, 0) is 49.8 Å². The molecule has 0 aliphatic carbocycles. The van der Waals surface area contributed by atoms with Crippen LogP contribution in [-0.2, 0) is 9.47 Å². The zero-order valence-corrected chi connectivity index (χ0v) is 17.9. The molecule has 1 heterocycles. The highest BCUT2D eigenvalue weighted by atomic mass is 16.5. The fraction of sp³-hybridized carbons (Fsp3) is 0.682. The van der Waals surface area contributed by atoms with Crippen LogP contribution in [0.5, 0.6) is 5.75 Å². The van der Waals surface area contributed by atoms with Crippen LogP contribution in [0.4, 0.5) is 0 Å². The Hall–Kier alpha value is -1.79. The van der Waals surface area contributed by atoms with Crippen molar-refractivity contribution >= 4 is 5.96 Å². The van der Waals surface area contributed by atoms with E-state index in [0.717, 1.165) is 63.9 Å². The van der Waals surface area contributed by atoms with Gasteiger partial charge in [0.1, 0.15) is 5.75 Å². The molecule has 2 N–H and O–H groups in total. The van der Waals surface area contributed by atoms with Crippen LogP contribution in [0.15, 0.2) is 29.3 Å². The molecule has 1 aromatic rings. The van der Waals surface area contributed by atoms with Crippen molar-refractivity contribution in [1.82, 2.24) is 10.6 Å². The molecule has 1 aromatic carbocycles. The molecular formula is C22H37N3O3. The maximum atomic E-state index is 5.90. The van der Waals surface area contributed by atoms with Crippen molar-refractivity contribution in [2.75, 3.05) is 40.0 Å². The number of hydrogen-bond donors (Lipinski definition) is 2. The normalized spacial score (nSPS) is 16.8. The zero-order valence-electron chi connectivity index (χ0n) is 17.9. The van der Waals surface area contributed by atoms with Gasteiger partial charge >= 0.3 is 0 Å². The Kier molecular flexibility index (Phi) is 10.1. The van der Waals surface area contributed by atoms with Gasteiger partial charge in [-0.25, -0.2) is 0 Å². The van der Waals surface area contributed by atoms with Gasteiger partial charge in [0.25, 0.3) is 0 Å². The molecule has 0 radical (unpaired) electrons. The molecule has 1 saturated heterocycles. The minimum atomic E-state index is 0.156. The monoisotopic (exact) mass is 391 g/mol. The topological polar surface area (TPSA) is 64.1 Å². The summed E-state index contributed by atoms with van der Waals surface area (Å²) in [5.74, 6) is 2.24. The molecule has 28 heavy (non-hydrogen) atoms. The van der Waals surface area contributed by atoms with Gasteiger partial charge in [0.2, 0.25) is 0 Å². The quantitative estimate of drug-likeness (QED) is 0.363. The SMILES string of the molecule is CN=C(NCCCOC1CCOCC1)NC(C)c1ccc(OCC(C)C)cc1. The van der Waals surface area contributed by atoms with Crippen molar-refractivity contribution < 1.29 is 14.2 Å². The maximum absolute atomic E-state index is 5.90. The summed E-state index contributed by atoms with van der Waals surface area (Å²) in [5, 5.41) is 6.80. The molecule has 1 aliphatic rings. The zero-order chi connectivity index (χ0) is 20.2. The van der Waals surface area contributed by atoms with Gasteiger partial charge in [-0.2, -0.15) is 0 Å². The molecule has 6 nitrogen and oxygen atoms in total. The van der Waals surface area contributed by atoms with Gasteiger partial charge in [-0.15, -0.1) is 0 Å². The van der Waals surface area contributed by atoms with Crippen LogP contribution < -0.4 is 15.4 Å². The molecule has 1 atom stereocenters. The third kappa shape index (κ3) is 8.48. The second-order valence-corrected chi connectivity index (χ2v) is 7.67. The first-order valence-electron chi connectivity index (χ1n) is 10.5. The van der Waals surface area contributed by atoms with Gasteiger partial charge in [0, 0.05) is 33.4 Å². The van der Waals surface area contributed by atoms with E-state index in [9.17, 15) is 0 Å². The molecule has 0 aromatic heterocycles. The number of aliphatic imine (C=N–C) groups is 1. The summed E-state index contributed by atoms with van der Waals surface area (Å²) in [5.41, 5.74) is 1.20. The average Bonchev–Trinajstić information content (AvgIpc) is 2.72. The second-order valence-electron chi connectivity index (χ2n) is 7.67. The van der Waals surface area contributed by atoms with E-state index in [-0.39, 0.29) is 6.04 Å². The fourth-order valence-electron chi connectivity index (χ4n) is 2.97. The number of nitrogens with one attached hydrogen (secondary N) is 2. The highest BCUT2D eigenvalue weighted by molar-refractivity contribution is 5.80. The number of nitrogens with zero attached hydrogens (tertiary/aromatic N) is 1. The van der Waals surface area contributed by atoms with Crippen molar-refractivity contribution in [3.8, 4) is 5.75 Å². The Bertz CT molecular complexity index is 569. The molecule has 158 valence electrons. The smallest absolute Gasteiger partial charge is 0.191 e. The van der Waals surface area contributed by atoms with Crippen LogP contribution in [0.25, 0.3) is 0 Å². The first-order chi connectivity index (χ1) is 13.6. The lowest BCUT2D eigenvalue weighted by Crippen LogP contribution is -2.39. The van der Waals surface area contributed by atoms with Gasteiger partial charge in [-0.1, -0.05) is 26.0 Å². The van der Waals surface area contributed by atoms with Gasteiger partial charge in [-0.3, -0.25) is 4.99 Å². The minimum absolute atomic E-state index is 0.156. The van der Waals surface area contributed by atoms with Gasteiger partial charge in [0.05, 0.1) is 18.8 Å². The van der Waals surface area contributed by atoms with Crippen LogP contribution in [-0.4, -0.2) is 52.1 Å². The summed E-state index contributed by atoms with van der Waals surface area (Å²) in [7, 11) is 1.80. The summed E-state index contributed by atoms with van der Waals surface area (Å²) in [6.45, 7) is 10.4. The Labute approximate surface area is 170 Å². The van der Waals surface area contributed by atoms with E-state index in [1.54, 1.807) is 7.05 Å². The van der Waals surface area contributed by atoms with Crippen molar-refractivity contribution in [1.29, 1.82) is 0 Å². The number of rotatable bonds is 10. The summed E-state index contributed by atoms with van der Waals surface area (Å²) in [6.07, 6.45) is 3.33. The van der Waals surface area contributed by atoms with Crippen LogP contribution in [0.2, 0.25) is 0 Å². The molecule has 0 amide bonds. The molecular weight excluding hydrogens is 354 g/mol. The maximum Gasteiger partial charge on any atom is 0.191 e. The molecule has 1 aliphatic heterocycles. The van der Waals surface area contributed by atoms with E-state index < -0.39 is 0 Å². The molecule has 0 spiro atoms. The molecule has 1 unspecified atom stereocenters. The van der Waals surface area contributed by atoms with Gasteiger partial charge in [0.15, 0.2) is 5.96 Å². The minimum Gasteiger partial charge on any atom is -0.493 e. The third-order valence-electron chi connectivity index (χ3n) is 4.68. The van der Waals surface area contributed by atoms with Crippen LogP contribution in [0.3, 0.4) is 0 Å². The number of guanidine groups is 1. The lowest BCUT2D eigenvalue weighted by Gasteiger charge is -2.22. The highest BCUT2D eigenvalue weighted by Crippen LogP contribution is 2.18. The van der Waals surface area contributed by atoms with E-state index in [1.165, 1.54) is 5.56 Å². The van der Waals surface area contributed by atoms with Crippen molar-refractivity contribution in [3.63, 3.8) is 0 Å². The molecule has 0 bridgehead atoms. The number of benzene rings is 1. The predicted octanol–water partition coefficient (Wildman–Crippen LogP) is 3.53. The Morgan fingerprint density at radius 1 is 1.18 bits per heavy atom. The summed E-state index contributed by atoms with van der Waals surface area (Å²) < 4.78 is 17.0. The van der Waals surface area contributed by atoms with E-state index in [0.29, 0.717) is 12.0 Å². The lowest BCUT2D eigenvalue weighted by molar-refractivity contribution is -0.0320.